The van der Waals surface area contributed by atoms with E-state index in [0.717, 1.165) is 18.2 Å². The number of hydrogen-bond donors (Lipinski definition) is 1. The summed E-state index contributed by atoms with van der Waals surface area (Å²) in [6, 6.07) is 3.06. The molecule has 2 heterocycles. The van der Waals surface area contributed by atoms with E-state index in [4.69, 9.17) is 0 Å². The highest BCUT2D eigenvalue weighted by Gasteiger charge is 2.27. The van der Waals surface area contributed by atoms with Crippen molar-refractivity contribution in [1.82, 2.24) is 15.3 Å². The van der Waals surface area contributed by atoms with Crippen LogP contribution in [-0.4, -0.2) is 35.6 Å². The van der Waals surface area contributed by atoms with Crippen molar-refractivity contribution in [2.75, 3.05) is 18.5 Å². The van der Waals surface area contributed by atoms with Crippen molar-refractivity contribution in [1.29, 1.82) is 0 Å². The molecule has 0 spiro atoms. The molecule has 2 atom stereocenters. The number of anilines is 1. The molecular weight excluding hydrogens is 212 g/mol. The lowest BCUT2D eigenvalue weighted by Crippen LogP contribution is -2.50. The van der Waals surface area contributed by atoms with E-state index in [1.165, 1.54) is 19.3 Å². The Hall–Kier alpha value is -1.16. The lowest BCUT2D eigenvalue weighted by atomic mass is 9.96. The molecule has 1 aromatic heterocycles. The first-order chi connectivity index (χ1) is 8.22. The molecule has 94 valence electrons. The fraction of sp³-hybridized carbons (Fsp3) is 0.692. The molecular formula is C13H22N4. The van der Waals surface area contributed by atoms with E-state index >= 15 is 0 Å². The minimum absolute atomic E-state index is 0.491. The van der Waals surface area contributed by atoms with Gasteiger partial charge in [0.1, 0.15) is 11.6 Å². The highest BCUT2D eigenvalue weighted by Crippen LogP contribution is 2.24. The van der Waals surface area contributed by atoms with Crippen LogP contribution < -0.4 is 10.2 Å². The molecule has 4 nitrogen and oxygen atoms in total. The minimum Gasteiger partial charge on any atom is -0.352 e. The highest BCUT2D eigenvalue weighted by atomic mass is 15.2. The van der Waals surface area contributed by atoms with Gasteiger partial charge in [0.05, 0.1) is 0 Å². The minimum atomic E-state index is 0.491. The third-order valence-electron chi connectivity index (χ3n) is 3.64. The molecule has 0 radical (unpaired) electrons. The number of nitrogens with zero attached hydrogens (tertiary/aromatic N) is 3. The van der Waals surface area contributed by atoms with Crippen LogP contribution in [0.5, 0.6) is 0 Å². The van der Waals surface area contributed by atoms with Crippen LogP contribution in [0.15, 0.2) is 12.3 Å². The Morgan fingerprint density at radius 3 is 3.00 bits per heavy atom. The predicted molar refractivity (Wildman–Crippen MR) is 70.3 cm³/mol. The molecule has 0 aromatic carbocycles. The van der Waals surface area contributed by atoms with E-state index in [2.05, 4.69) is 27.1 Å². The summed E-state index contributed by atoms with van der Waals surface area (Å²) in [5.74, 6) is 1.92. The standard InChI is InChI=1S/C13H22N4/c1-10(14-3)12-6-4-5-9-17(12)13-7-8-15-11(2)16-13/h7-8,10,12,14H,4-6,9H2,1-3H3. The number of hydrogen-bond acceptors (Lipinski definition) is 4. The van der Waals surface area contributed by atoms with Crippen LogP contribution in [0.1, 0.15) is 32.0 Å². The van der Waals surface area contributed by atoms with Gasteiger partial charge < -0.3 is 10.2 Å². The second kappa shape index (κ2) is 5.45. The summed E-state index contributed by atoms with van der Waals surface area (Å²) < 4.78 is 0. The molecule has 1 saturated heterocycles. The van der Waals surface area contributed by atoms with Crippen molar-refractivity contribution in [3.05, 3.63) is 18.1 Å². The zero-order valence-corrected chi connectivity index (χ0v) is 11.0. The Kier molecular flexibility index (Phi) is 3.94. The monoisotopic (exact) mass is 234 g/mol. The summed E-state index contributed by atoms with van der Waals surface area (Å²) in [6.45, 7) is 5.30. The SMILES string of the molecule is CNC(C)C1CCCCN1c1ccnc(C)n1. The van der Waals surface area contributed by atoms with Crippen LogP contribution in [0.2, 0.25) is 0 Å². The molecule has 0 aliphatic carbocycles. The van der Waals surface area contributed by atoms with Gasteiger partial charge in [0.2, 0.25) is 0 Å². The van der Waals surface area contributed by atoms with Gasteiger partial charge in [-0.3, -0.25) is 0 Å². The first-order valence-electron chi connectivity index (χ1n) is 6.46. The van der Waals surface area contributed by atoms with Crippen molar-refractivity contribution in [3.63, 3.8) is 0 Å². The fourth-order valence-corrected chi connectivity index (χ4v) is 2.56. The summed E-state index contributed by atoms with van der Waals surface area (Å²) in [4.78, 5) is 11.2. The van der Waals surface area contributed by atoms with Gasteiger partial charge >= 0.3 is 0 Å². The average molecular weight is 234 g/mol. The quantitative estimate of drug-likeness (QED) is 0.865. The van der Waals surface area contributed by atoms with E-state index in [1.807, 2.05) is 26.2 Å². The average Bonchev–Trinajstić information content (AvgIpc) is 2.38. The normalized spacial score (nSPS) is 22.5. The Labute approximate surface area is 103 Å². The Bertz CT molecular complexity index is 366. The van der Waals surface area contributed by atoms with Gasteiger partial charge in [0.15, 0.2) is 0 Å². The molecule has 2 unspecified atom stereocenters. The van der Waals surface area contributed by atoms with Crippen molar-refractivity contribution in [2.24, 2.45) is 0 Å². The van der Waals surface area contributed by atoms with E-state index in [0.29, 0.717) is 12.1 Å². The van der Waals surface area contributed by atoms with Crippen LogP contribution in [-0.2, 0) is 0 Å². The predicted octanol–water partition coefficient (Wildman–Crippen LogP) is 1.75. The maximum Gasteiger partial charge on any atom is 0.132 e. The van der Waals surface area contributed by atoms with Gasteiger partial charge in [-0.2, -0.15) is 0 Å². The van der Waals surface area contributed by atoms with E-state index in [-0.39, 0.29) is 0 Å². The molecule has 1 N–H and O–H groups in total. The summed E-state index contributed by atoms with van der Waals surface area (Å²) in [6.07, 6.45) is 5.67. The van der Waals surface area contributed by atoms with Crippen LogP contribution in [0.25, 0.3) is 0 Å². The first kappa shape index (κ1) is 12.3. The lowest BCUT2D eigenvalue weighted by Gasteiger charge is -2.40. The topological polar surface area (TPSA) is 41.0 Å². The van der Waals surface area contributed by atoms with Gasteiger partial charge in [-0.15, -0.1) is 0 Å². The van der Waals surface area contributed by atoms with Gasteiger partial charge in [-0.25, -0.2) is 9.97 Å². The summed E-state index contributed by atoms with van der Waals surface area (Å²) in [5, 5.41) is 3.36. The molecule has 0 amide bonds. The number of piperidine rings is 1. The molecule has 1 aromatic rings. The molecule has 1 fully saturated rings. The largest absolute Gasteiger partial charge is 0.352 e. The molecule has 0 bridgehead atoms. The van der Waals surface area contributed by atoms with Crippen LogP contribution in [0, 0.1) is 6.92 Å². The van der Waals surface area contributed by atoms with E-state index in [1.54, 1.807) is 0 Å². The van der Waals surface area contributed by atoms with Crippen molar-refractivity contribution in [3.8, 4) is 0 Å². The number of rotatable bonds is 3. The maximum atomic E-state index is 4.55. The molecule has 4 heteroatoms. The Balaban J connectivity index is 2.21. The second-order valence-corrected chi connectivity index (χ2v) is 4.80. The number of nitrogens with one attached hydrogen (secondary N) is 1. The van der Waals surface area contributed by atoms with Gasteiger partial charge in [0, 0.05) is 24.8 Å². The molecule has 0 saturated carbocycles. The Morgan fingerprint density at radius 1 is 1.47 bits per heavy atom. The number of aryl methyl sites for hydroxylation is 1. The van der Waals surface area contributed by atoms with E-state index in [9.17, 15) is 0 Å². The molecule has 17 heavy (non-hydrogen) atoms. The number of aromatic nitrogens is 2. The zero-order valence-electron chi connectivity index (χ0n) is 11.0. The third kappa shape index (κ3) is 2.75. The summed E-state index contributed by atoms with van der Waals surface area (Å²) in [7, 11) is 2.03. The van der Waals surface area contributed by atoms with Gasteiger partial charge in [-0.05, 0) is 46.2 Å². The molecule has 2 rings (SSSR count). The fourth-order valence-electron chi connectivity index (χ4n) is 2.56. The highest BCUT2D eigenvalue weighted by molar-refractivity contribution is 5.40. The second-order valence-electron chi connectivity index (χ2n) is 4.80. The smallest absolute Gasteiger partial charge is 0.132 e. The van der Waals surface area contributed by atoms with Gasteiger partial charge in [-0.1, -0.05) is 0 Å². The summed E-state index contributed by atoms with van der Waals surface area (Å²) in [5.41, 5.74) is 0. The van der Waals surface area contributed by atoms with Crippen LogP contribution in [0.3, 0.4) is 0 Å². The Morgan fingerprint density at radius 2 is 2.29 bits per heavy atom. The van der Waals surface area contributed by atoms with Crippen molar-refractivity contribution >= 4 is 5.82 Å². The maximum absolute atomic E-state index is 4.55. The number of likely N-dealkylation sites (N-methyl/N-ethyl adjacent to an activating group) is 1. The third-order valence-corrected chi connectivity index (χ3v) is 3.64. The molecule has 1 aliphatic rings. The zero-order chi connectivity index (χ0) is 12.3. The van der Waals surface area contributed by atoms with E-state index < -0.39 is 0 Å². The van der Waals surface area contributed by atoms with Crippen molar-refractivity contribution < 1.29 is 0 Å². The van der Waals surface area contributed by atoms with Gasteiger partial charge in [0.25, 0.3) is 0 Å². The lowest BCUT2D eigenvalue weighted by molar-refractivity contribution is 0.380. The van der Waals surface area contributed by atoms with Crippen LogP contribution >= 0.6 is 0 Å². The molecule has 1 aliphatic heterocycles. The van der Waals surface area contributed by atoms with Crippen molar-refractivity contribution in [2.45, 2.75) is 45.2 Å². The summed E-state index contributed by atoms with van der Waals surface area (Å²) >= 11 is 0. The van der Waals surface area contributed by atoms with Crippen LogP contribution in [0.4, 0.5) is 5.82 Å². The first-order valence-corrected chi connectivity index (χ1v) is 6.46.